The first kappa shape index (κ1) is 17.9. The second-order valence-corrected chi connectivity index (χ2v) is 6.82. The Morgan fingerprint density at radius 2 is 1.95 bits per heavy atom. The molecule has 1 aromatic rings. The summed E-state index contributed by atoms with van der Waals surface area (Å²) in [5.74, 6) is 0. The van der Waals surface area contributed by atoms with Gasteiger partial charge in [0.2, 0.25) is 10.0 Å². The fraction of sp³-hybridized carbons (Fsp3) is 0.571. The molecule has 0 aliphatic heterocycles. The van der Waals surface area contributed by atoms with Crippen LogP contribution in [0.15, 0.2) is 17.0 Å². The number of nitrogens with one attached hydrogen (secondary N) is 1. The summed E-state index contributed by atoms with van der Waals surface area (Å²) < 4.78 is 32.4. The predicted molar refractivity (Wildman–Crippen MR) is 84.9 cm³/mol. The van der Waals surface area contributed by atoms with E-state index in [2.05, 4.69) is 4.72 Å². The van der Waals surface area contributed by atoms with Gasteiger partial charge in [-0.05, 0) is 38.1 Å². The van der Waals surface area contributed by atoms with Crippen molar-refractivity contribution in [1.82, 2.24) is 9.62 Å². The van der Waals surface area contributed by atoms with Crippen LogP contribution < -0.4 is 10.5 Å². The number of sulfonamides is 1. The standard InChI is InChI=1S/C14H25N3O3S/c1-11-5-6-13(15)12(2)14(11)21(18,19)16-7-8-17(3)9-10-20-4/h5-6,16H,7-10,15H2,1-4H3. The van der Waals surface area contributed by atoms with Crippen molar-refractivity contribution in [1.29, 1.82) is 0 Å². The van der Waals surface area contributed by atoms with Gasteiger partial charge in [-0.15, -0.1) is 0 Å². The van der Waals surface area contributed by atoms with Crippen LogP contribution in [0.3, 0.4) is 0 Å². The molecule has 0 aliphatic carbocycles. The fourth-order valence-electron chi connectivity index (χ4n) is 2.06. The lowest BCUT2D eigenvalue weighted by Crippen LogP contribution is -2.35. The van der Waals surface area contributed by atoms with E-state index >= 15 is 0 Å². The normalized spacial score (nSPS) is 12.0. The van der Waals surface area contributed by atoms with Crippen molar-refractivity contribution < 1.29 is 13.2 Å². The average molecular weight is 315 g/mol. The molecule has 0 heterocycles. The van der Waals surface area contributed by atoms with Gasteiger partial charge in [0.1, 0.15) is 0 Å². The van der Waals surface area contributed by atoms with Gasteiger partial charge in [0, 0.05) is 32.4 Å². The predicted octanol–water partition coefficient (Wildman–Crippen LogP) is 0.742. The van der Waals surface area contributed by atoms with E-state index in [4.69, 9.17) is 10.5 Å². The Hall–Kier alpha value is -1.15. The van der Waals surface area contributed by atoms with Crippen molar-refractivity contribution in [2.75, 3.05) is 46.1 Å². The zero-order chi connectivity index (χ0) is 16.0. The quantitative estimate of drug-likeness (QED) is 0.691. The van der Waals surface area contributed by atoms with Crippen LogP contribution in [0.4, 0.5) is 5.69 Å². The van der Waals surface area contributed by atoms with Crippen molar-refractivity contribution in [3.05, 3.63) is 23.3 Å². The van der Waals surface area contributed by atoms with Crippen LogP contribution in [-0.4, -0.2) is 53.7 Å². The molecule has 0 saturated heterocycles. The number of nitrogen functional groups attached to an aromatic ring is 1. The van der Waals surface area contributed by atoms with Crippen LogP contribution in [0.1, 0.15) is 11.1 Å². The zero-order valence-corrected chi connectivity index (χ0v) is 14.0. The van der Waals surface area contributed by atoms with Crippen molar-refractivity contribution >= 4 is 15.7 Å². The number of nitrogens with zero attached hydrogens (tertiary/aromatic N) is 1. The van der Waals surface area contributed by atoms with Gasteiger partial charge in [0.15, 0.2) is 0 Å². The average Bonchev–Trinajstić information content (AvgIpc) is 2.40. The summed E-state index contributed by atoms with van der Waals surface area (Å²) in [6.07, 6.45) is 0. The monoisotopic (exact) mass is 315 g/mol. The molecule has 0 amide bonds. The topological polar surface area (TPSA) is 84.7 Å². The molecule has 6 nitrogen and oxygen atoms in total. The second-order valence-electron chi connectivity index (χ2n) is 5.12. The van der Waals surface area contributed by atoms with Crippen LogP contribution in [0.2, 0.25) is 0 Å². The third kappa shape index (κ3) is 4.96. The van der Waals surface area contributed by atoms with Crippen LogP contribution in [0, 0.1) is 13.8 Å². The van der Waals surface area contributed by atoms with Crippen LogP contribution in [0.25, 0.3) is 0 Å². The maximum atomic E-state index is 12.4. The Labute approximate surface area is 127 Å². The highest BCUT2D eigenvalue weighted by molar-refractivity contribution is 7.89. The number of rotatable bonds is 8. The molecule has 0 fully saturated rings. The number of aryl methyl sites for hydroxylation is 1. The first-order valence-electron chi connectivity index (χ1n) is 6.82. The molecule has 120 valence electrons. The van der Waals surface area contributed by atoms with E-state index in [1.165, 1.54) is 0 Å². The Balaban J connectivity index is 2.73. The molecule has 21 heavy (non-hydrogen) atoms. The molecular weight excluding hydrogens is 290 g/mol. The van der Waals surface area contributed by atoms with E-state index in [9.17, 15) is 8.42 Å². The molecule has 0 radical (unpaired) electrons. The summed E-state index contributed by atoms with van der Waals surface area (Å²) in [7, 11) is 0.0135. The highest BCUT2D eigenvalue weighted by Gasteiger charge is 2.20. The third-order valence-electron chi connectivity index (χ3n) is 3.38. The second kappa shape index (κ2) is 7.74. The third-order valence-corrected chi connectivity index (χ3v) is 5.13. The SMILES string of the molecule is COCCN(C)CCNS(=O)(=O)c1c(C)ccc(N)c1C. The van der Waals surface area contributed by atoms with Crippen LogP contribution >= 0.6 is 0 Å². The van der Waals surface area contributed by atoms with E-state index in [0.717, 1.165) is 6.54 Å². The number of ether oxygens (including phenoxy) is 1. The number of benzene rings is 1. The minimum Gasteiger partial charge on any atom is -0.398 e. The summed E-state index contributed by atoms with van der Waals surface area (Å²) in [5, 5.41) is 0. The van der Waals surface area contributed by atoms with Crippen molar-refractivity contribution in [3.8, 4) is 0 Å². The Bertz CT molecular complexity index is 573. The van der Waals surface area contributed by atoms with Crippen molar-refractivity contribution in [2.24, 2.45) is 0 Å². The molecule has 0 aromatic heterocycles. The number of nitrogens with two attached hydrogens (primary N) is 1. The summed E-state index contributed by atoms with van der Waals surface area (Å²) in [4.78, 5) is 2.28. The molecule has 0 spiro atoms. The maximum Gasteiger partial charge on any atom is 0.241 e. The molecule has 1 rings (SSSR count). The van der Waals surface area contributed by atoms with Gasteiger partial charge < -0.3 is 15.4 Å². The van der Waals surface area contributed by atoms with Gasteiger partial charge in [0.25, 0.3) is 0 Å². The highest BCUT2D eigenvalue weighted by atomic mass is 32.2. The highest BCUT2D eigenvalue weighted by Crippen LogP contribution is 2.24. The lowest BCUT2D eigenvalue weighted by Gasteiger charge is -2.17. The molecule has 0 unspecified atom stereocenters. The van der Waals surface area contributed by atoms with E-state index < -0.39 is 10.0 Å². The fourth-order valence-corrected chi connectivity index (χ4v) is 3.57. The summed E-state index contributed by atoms with van der Waals surface area (Å²) in [6, 6.07) is 3.45. The molecule has 0 atom stereocenters. The van der Waals surface area contributed by atoms with Crippen molar-refractivity contribution in [2.45, 2.75) is 18.7 Å². The first-order valence-corrected chi connectivity index (χ1v) is 8.30. The van der Waals surface area contributed by atoms with Gasteiger partial charge in [-0.1, -0.05) is 6.07 Å². The maximum absolute atomic E-state index is 12.4. The van der Waals surface area contributed by atoms with E-state index in [1.54, 1.807) is 33.1 Å². The molecule has 0 aliphatic rings. The zero-order valence-electron chi connectivity index (χ0n) is 13.1. The Kier molecular flexibility index (Phi) is 6.60. The minimum absolute atomic E-state index is 0.280. The van der Waals surface area contributed by atoms with E-state index in [-0.39, 0.29) is 4.90 Å². The largest absolute Gasteiger partial charge is 0.398 e. The molecule has 7 heteroatoms. The molecule has 0 saturated carbocycles. The Morgan fingerprint density at radius 3 is 2.57 bits per heavy atom. The lowest BCUT2D eigenvalue weighted by atomic mass is 10.1. The summed E-state index contributed by atoms with van der Waals surface area (Å²) >= 11 is 0. The number of hydrogen-bond donors (Lipinski definition) is 2. The minimum atomic E-state index is -3.55. The van der Waals surface area contributed by atoms with Gasteiger partial charge >= 0.3 is 0 Å². The van der Waals surface area contributed by atoms with Gasteiger partial charge in [-0.2, -0.15) is 0 Å². The van der Waals surface area contributed by atoms with E-state index in [1.807, 2.05) is 11.9 Å². The van der Waals surface area contributed by atoms with Gasteiger partial charge in [-0.3, -0.25) is 0 Å². The van der Waals surface area contributed by atoms with Gasteiger partial charge in [-0.25, -0.2) is 13.1 Å². The summed E-state index contributed by atoms with van der Waals surface area (Å²) in [6.45, 7) is 5.83. The Morgan fingerprint density at radius 1 is 1.29 bits per heavy atom. The van der Waals surface area contributed by atoms with Crippen LogP contribution in [-0.2, 0) is 14.8 Å². The molecule has 0 bridgehead atoms. The number of hydrogen-bond acceptors (Lipinski definition) is 5. The van der Waals surface area contributed by atoms with Crippen molar-refractivity contribution in [3.63, 3.8) is 0 Å². The summed E-state index contributed by atoms with van der Waals surface area (Å²) in [5.41, 5.74) is 7.58. The van der Waals surface area contributed by atoms with E-state index in [0.29, 0.717) is 36.5 Å². The molecule has 3 N–H and O–H groups in total. The molecule has 1 aromatic carbocycles. The number of anilines is 1. The van der Waals surface area contributed by atoms with Gasteiger partial charge in [0.05, 0.1) is 11.5 Å². The molecular formula is C14H25N3O3S. The van der Waals surface area contributed by atoms with Crippen LogP contribution in [0.5, 0.6) is 0 Å². The number of likely N-dealkylation sites (N-methyl/N-ethyl adjacent to an activating group) is 1. The lowest BCUT2D eigenvalue weighted by molar-refractivity contribution is 0.162. The smallest absolute Gasteiger partial charge is 0.241 e. The number of methoxy groups -OCH3 is 1. The first-order chi connectivity index (χ1) is 9.79.